The Bertz CT molecular complexity index is 620. The number of nitrogens with zero attached hydrogens (tertiary/aromatic N) is 1. The molecule has 8 heteroatoms. The van der Waals surface area contributed by atoms with Crippen LogP contribution in [0.25, 0.3) is 0 Å². The number of para-hydroxylation sites is 1. The highest BCUT2D eigenvalue weighted by Crippen LogP contribution is 2.31. The Labute approximate surface area is 148 Å². The van der Waals surface area contributed by atoms with E-state index < -0.39 is 9.84 Å². The number of halogens is 1. The minimum atomic E-state index is -3.01. The minimum Gasteiger partial charge on any atom is -0.493 e. The summed E-state index contributed by atoms with van der Waals surface area (Å²) in [7, 11) is -3.01. The van der Waals surface area contributed by atoms with Crippen LogP contribution in [0.4, 0.5) is 0 Å². The van der Waals surface area contributed by atoms with E-state index in [-0.39, 0.29) is 54.0 Å². The maximum Gasteiger partial charge on any atom is 0.189 e. The van der Waals surface area contributed by atoms with Gasteiger partial charge in [-0.2, -0.15) is 0 Å². The van der Waals surface area contributed by atoms with Crippen molar-refractivity contribution in [3.05, 3.63) is 29.8 Å². The fourth-order valence-electron chi connectivity index (χ4n) is 2.17. The molecule has 1 aliphatic heterocycles. The normalized spacial score (nSPS) is 17.9. The van der Waals surface area contributed by atoms with Crippen molar-refractivity contribution < 1.29 is 13.2 Å². The lowest BCUT2D eigenvalue weighted by molar-refractivity contribution is 0.262. The number of nitrogens with one attached hydrogen (secondary N) is 1. The molecule has 1 heterocycles. The molecular weight excluding hydrogens is 417 g/mol. The Hall–Kier alpha value is -1.03. The van der Waals surface area contributed by atoms with Crippen LogP contribution in [0.15, 0.2) is 29.3 Å². The number of fused-ring (bicyclic) bond motifs is 1. The number of guanidine groups is 1. The van der Waals surface area contributed by atoms with Crippen LogP contribution in [0.2, 0.25) is 0 Å². The lowest BCUT2D eigenvalue weighted by atomic mass is 10.0. The summed E-state index contributed by atoms with van der Waals surface area (Å²) in [4.78, 5) is 4.09. The van der Waals surface area contributed by atoms with Gasteiger partial charge in [0.15, 0.2) is 15.8 Å². The van der Waals surface area contributed by atoms with E-state index in [1.807, 2.05) is 24.3 Å². The third-order valence-corrected chi connectivity index (χ3v) is 5.09. The van der Waals surface area contributed by atoms with Crippen molar-refractivity contribution >= 4 is 39.8 Å². The number of sulfone groups is 1. The van der Waals surface area contributed by atoms with E-state index in [2.05, 4.69) is 10.3 Å². The topological polar surface area (TPSA) is 93.8 Å². The van der Waals surface area contributed by atoms with E-state index >= 15 is 0 Å². The van der Waals surface area contributed by atoms with Crippen LogP contribution in [0, 0.1) is 0 Å². The largest absolute Gasteiger partial charge is 0.493 e. The average Bonchev–Trinajstić information content (AvgIpc) is 2.47. The second-order valence-electron chi connectivity index (χ2n) is 4.88. The van der Waals surface area contributed by atoms with E-state index in [1.165, 1.54) is 0 Å². The predicted octanol–water partition coefficient (Wildman–Crippen LogP) is 1.47. The third-order valence-electron chi connectivity index (χ3n) is 3.40. The van der Waals surface area contributed by atoms with Crippen molar-refractivity contribution in [2.45, 2.75) is 19.4 Å². The molecule has 0 bridgehead atoms. The van der Waals surface area contributed by atoms with E-state index in [9.17, 15) is 8.42 Å². The van der Waals surface area contributed by atoms with Crippen molar-refractivity contribution in [3.8, 4) is 5.75 Å². The monoisotopic (exact) mass is 439 g/mol. The van der Waals surface area contributed by atoms with Gasteiger partial charge in [-0.15, -0.1) is 24.0 Å². The van der Waals surface area contributed by atoms with Crippen LogP contribution >= 0.6 is 24.0 Å². The van der Waals surface area contributed by atoms with Gasteiger partial charge in [-0.3, -0.25) is 4.99 Å². The summed E-state index contributed by atoms with van der Waals surface area (Å²) in [6, 6.07) is 7.82. The number of ether oxygens (including phenoxy) is 1. The second kappa shape index (κ2) is 8.56. The number of benzene rings is 1. The number of aliphatic imine (C=N–C) groups is 1. The quantitative estimate of drug-likeness (QED) is 0.412. The number of nitrogens with two attached hydrogens (primary N) is 1. The van der Waals surface area contributed by atoms with Crippen LogP contribution < -0.4 is 15.8 Å². The van der Waals surface area contributed by atoms with Gasteiger partial charge in [-0.1, -0.05) is 25.1 Å². The zero-order valence-electron chi connectivity index (χ0n) is 12.5. The van der Waals surface area contributed by atoms with Gasteiger partial charge in [0.05, 0.1) is 24.9 Å². The summed E-state index contributed by atoms with van der Waals surface area (Å²) < 4.78 is 28.4. The van der Waals surface area contributed by atoms with Crippen molar-refractivity contribution in [1.82, 2.24) is 5.32 Å². The fraction of sp³-hybridized carbons (Fsp3) is 0.500. The van der Waals surface area contributed by atoms with Crippen molar-refractivity contribution in [3.63, 3.8) is 0 Å². The standard InChI is InChI=1S/C14H21N3O3S.HI/c1-2-21(18,19)10-8-16-14(15)17-12-7-9-20-13-6-4-3-5-11(12)13;/h3-6,12H,2,7-10H2,1H3,(H3,15,16,17);1H. The predicted molar refractivity (Wildman–Crippen MR) is 98.7 cm³/mol. The van der Waals surface area contributed by atoms with Crippen molar-refractivity contribution in [2.24, 2.45) is 10.7 Å². The Kier molecular flexibility index (Phi) is 7.40. The fourth-order valence-corrected chi connectivity index (χ4v) is 2.82. The zero-order chi connectivity index (χ0) is 15.3. The first kappa shape index (κ1) is 19.0. The average molecular weight is 439 g/mol. The van der Waals surface area contributed by atoms with E-state index in [1.54, 1.807) is 6.92 Å². The lowest BCUT2D eigenvalue weighted by Crippen LogP contribution is -2.37. The highest BCUT2D eigenvalue weighted by atomic mass is 127. The summed E-state index contributed by atoms with van der Waals surface area (Å²) >= 11 is 0. The molecule has 1 unspecified atom stereocenters. The first-order valence-electron chi connectivity index (χ1n) is 7.00. The summed E-state index contributed by atoms with van der Waals surface area (Å²) in [6.45, 7) is 2.42. The third kappa shape index (κ3) is 5.31. The second-order valence-corrected chi connectivity index (χ2v) is 7.35. The van der Waals surface area contributed by atoms with Gasteiger partial charge in [0.1, 0.15) is 5.75 Å². The molecule has 0 radical (unpaired) electrons. The summed E-state index contributed by atoms with van der Waals surface area (Å²) in [5, 5.41) is 3.13. The number of rotatable bonds is 5. The molecule has 0 saturated heterocycles. The SMILES string of the molecule is CCS(=O)(=O)CCN=C(N)NC1CCOc2ccccc21.I. The van der Waals surface area contributed by atoms with E-state index in [0.717, 1.165) is 17.7 Å². The molecule has 0 aliphatic carbocycles. The Balaban J connectivity index is 0.00000242. The van der Waals surface area contributed by atoms with Crippen molar-refractivity contribution in [2.75, 3.05) is 24.7 Å². The van der Waals surface area contributed by atoms with Gasteiger partial charge in [0.25, 0.3) is 0 Å². The molecular formula is C14H22IN3O3S. The van der Waals surface area contributed by atoms with Gasteiger partial charge in [0, 0.05) is 17.7 Å². The molecule has 0 saturated carbocycles. The molecule has 3 N–H and O–H groups in total. The van der Waals surface area contributed by atoms with Crippen LogP contribution in [0.5, 0.6) is 5.75 Å². The highest BCUT2D eigenvalue weighted by Gasteiger charge is 2.21. The van der Waals surface area contributed by atoms with E-state index in [4.69, 9.17) is 10.5 Å². The minimum absolute atomic E-state index is 0. The molecule has 22 heavy (non-hydrogen) atoms. The number of hydrogen-bond donors (Lipinski definition) is 2. The molecule has 1 atom stereocenters. The Morgan fingerprint density at radius 3 is 2.91 bits per heavy atom. The molecule has 0 spiro atoms. The smallest absolute Gasteiger partial charge is 0.189 e. The highest BCUT2D eigenvalue weighted by molar-refractivity contribution is 14.0. The van der Waals surface area contributed by atoms with Gasteiger partial charge in [-0.05, 0) is 6.07 Å². The van der Waals surface area contributed by atoms with Gasteiger partial charge in [-0.25, -0.2) is 8.42 Å². The van der Waals surface area contributed by atoms with Crippen molar-refractivity contribution in [1.29, 1.82) is 0 Å². The van der Waals surface area contributed by atoms with Gasteiger partial charge < -0.3 is 15.8 Å². The lowest BCUT2D eigenvalue weighted by Gasteiger charge is -2.26. The molecule has 1 aromatic rings. The molecule has 124 valence electrons. The molecule has 1 aromatic carbocycles. The first-order valence-corrected chi connectivity index (χ1v) is 8.82. The Morgan fingerprint density at radius 1 is 1.45 bits per heavy atom. The summed E-state index contributed by atoms with van der Waals surface area (Å²) in [6.07, 6.45) is 0.792. The molecule has 0 amide bonds. The van der Waals surface area contributed by atoms with E-state index in [0.29, 0.717) is 6.61 Å². The maximum atomic E-state index is 11.4. The Morgan fingerprint density at radius 2 is 2.18 bits per heavy atom. The molecule has 0 aromatic heterocycles. The summed E-state index contributed by atoms with van der Waals surface area (Å²) in [5.74, 6) is 1.27. The van der Waals surface area contributed by atoms with Crippen LogP contribution in [0.3, 0.4) is 0 Å². The molecule has 1 aliphatic rings. The van der Waals surface area contributed by atoms with Crippen LogP contribution in [-0.4, -0.2) is 39.0 Å². The number of hydrogen-bond acceptors (Lipinski definition) is 4. The van der Waals surface area contributed by atoms with Gasteiger partial charge in [0.2, 0.25) is 0 Å². The first-order chi connectivity index (χ1) is 10.0. The van der Waals surface area contributed by atoms with Crippen LogP contribution in [-0.2, 0) is 9.84 Å². The van der Waals surface area contributed by atoms with Gasteiger partial charge >= 0.3 is 0 Å². The maximum absolute atomic E-state index is 11.4. The zero-order valence-corrected chi connectivity index (χ0v) is 15.6. The molecule has 6 nitrogen and oxygen atoms in total. The molecule has 2 rings (SSSR count). The molecule has 0 fully saturated rings. The summed E-state index contributed by atoms with van der Waals surface area (Å²) in [5.41, 5.74) is 6.88. The van der Waals surface area contributed by atoms with Crippen LogP contribution in [0.1, 0.15) is 24.9 Å².